The van der Waals surface area contributed by atoms with Crippen molar-refractivity contribution in [2.24, 2.45) is 5.92 Å². The molecule has 0 spiro atoms. The number of hydrogen-bond acceptors (Lipinski definition) is 3. The SMILES string of the molecule is CCCCCCCCCCCCCCCC(=O)C(C(=O)c1ccccc1)C(=O)c1ccccc1. The molecule has 0 heterocycles. The molecule has 34 heavy (non-hydrogen) atoms. The van der Waals surface area contributed by atoms with E-state index in [1.807, 2.05) is 12.1 Å². The summed E-state index contributed by atoms with van der Waals surface area (Å²) in [4.78, 5) is 39.2. The van der Waals surface area contributed by atoms with Crippen LogP contribution in [0.2, 0.25) is 0 Å². The predicted molar refractivity (Wildman–Crippen MR) is 140 cm³/mol. The smallest absolute Gasteiger partial charge is 0.181 e. The first kappa shape index (κ1) is 27.7. The van der Waals surface area contributed by atoms with Crippen LogP contribution < -0.4 is 0 Å². The van der Waals surface area contributed by atoms with Gasteiger partial charge in [-0.1, -0.05) is 145 Å². The zero-order valence-corrected chi connectivity index (χ0v) is 21.0. The molecule has 0 saturated heterocycles. The summed E-state index contributed by atoms with van der Waals surface area (Å²) < 4.78 is 0. The fraction of sp³-hybridized carbons (Fsp3) is 0.516. The first-order valence-electron chi connectivity index (χ1n) is 13.4. The van der Waals surface area contributed by atoms with E-state index < -0.39 is 17.5 Å². The van der Waals surface area contributed by atoms with E-state index in [1.165, 1.54) is 64.2 Å². The molecular formula is C31H42O3. The van der Waals surface area contributed by atoms with Crippen LogP contribution in [0.1, 0.15) is 118 Å². The number of benzene rings is 2. The van der Waals surface area contributed by atoms with Gasteiger partial charge in [0.15, 0.2) is 17.3 Å². The van der Waals surface area contributed by atoms with Crippen LogP contribution in [-0.4, -0.2) is 17.3 Å². The van der Waals surface area contributed by atoms with Gasteiger partial charge in [-0.25, -0.2) is 0 Å². The van der Waals surface area contributed by atoms with Gasteiger partial charge in [0.1, 0.15) is 5.92 Å². The van der Waals surface area contributed by atoms with Gasteiger partial charge in [-0.3, -0.25) is 14.4 Å². The molecule has 0 unspecified atom stereocenters. The molecule has 0 aliphatic carbocycles. The average molecular weight is 463 g/mol. The summed E-state index contributed by atoms with van der Waals surface area (Å²) in [6.07, 6.45) is 16.3. The van der Waals surface area contributed by atoms with Gasteiger partial charge in [-0.2, -0.15) is 0 Å². The average Bonchev–Trinajstić information content (AvgIpc) is 2.88. The van der Waals surface area contributed by atoms with Gasteiger partial charge in [-0.15, -0.1) is 0 Å². The Morgan fingerprint density at radius 1 is 0.529 bits per heavy atom. The molecule has 0 N–H and O–H groups in total. The van der Waals surface area contributed by atoms with Crippen LogP contribution in [0.3, 0.4) is 0 Å². The van der Waals surface area contributed by atoms with E-state index in [0.29, 0.717) is 11.1 Å². The fourth-order valence-corrected chi connectivity index (χ4v) is 4.41. The molecule has 184 valence electrons. The number of rotatable bonds is 19. The van der Waals surface area contributed by atoms with Crippen molar-refractivity contribution in [2.75, 3.05) is 0 Å². The van der Waals surface area contributed by atoms with Crippen molar-refractivity contribution in [1.82, 2.24) is 0 Å². The van der Waals surface area contributed by atoms with E-state index in [9.17, 15) is 14.4 Å². The van der Waals surface area contributed by atoms with Crippen LogP contribution in [0.5, 0.6) is 0 Å². The van der Waals surface area contributed by atoms with Gasteiger partial charge >= 0.3 is 0 Å². The maximum Gasteiger partial charge on any atom is 0.181 e. The minimum atomic E-state index is -1.25. The first-order chi connectivity index (χ1) is 16.6. The maximum atomic E-state index is 13.1. The number of hydrogen-bond donors (Lipinski definition) is 0. The summed E-state index contributed by atoms with van der Waals surface area (Å²) in [6, 6.07) is 17.4. The Hall–Kier alpha value is -2.55. The molecule has 0 aromatic heterocycles. The molecule has 0 atom stereocenters. The third kappa shape index (κ3) is 10.2. The maximum absolute atomic E-state index is 13.1. The molecule has 0 amide bonds. The Balaban J connectivity index is 1.74. The van der Waals surface area contributed by atoms with Crippen molar-refractivity contribution >= 4 is 17.3 Å². The van der Waals surface area contributed by atoms with Gasteiger partial charge in [0.05, 0.1) is 0 Å². The Kier molecular flexibility index (Phi) is 13.8. The summed E-state index contributed by atoms with van der Waals surface area (Å²) in [5, 5.41) is 0. The summed E-state index contributed by atoms with van der Waals surface area (Å²) in [5.74, 6) is -2.30. The van der Waals surface area contributed by atoms with E-state index in [0.717, 1.165) is 19.3 Å². The molecule has 0 aliphatic heterocycles. The van der Waals surface area contributed by atoms with E-state index in [-0.39, 0.29) is 12.2 Å². The minimum absolute atomic E-state index is 0.259. The lowest BCUT2D eigenvalue weighted by molar-refractivity contribution is -0.120. The van der Waals surface area contributed by atoms with Crippen molar-refractivity contribution in [3.05, 3.63) is 71.8 Å². The molecule has 0 fully saturated rings. The summed E-state index contributed by atoms with van der Waals surface area (Å²) in [7, 11) is 0. The topological polar surface area (TPSA) is 51.2 Å². The van der Waals surface area contributed by atoms with E-state index >= 15 is 0 Å². The van der Waals surface area contributed by atoms with Crippen molar-refractivity contribution in [3.63, 3.8) is 0 Å². The highest BCUT2D eigenvalue weighted by molar-refractivity contribution is 6.28. The highest BCUT2D eigenvalue weighted by atomic mass is 16.2. The number of ketones is 3. The molecule has 2 rings (SSSR count). The molecule has 0 bridgehead atoms. The summed E-state index contributed by atoms with van der Waals surface area (Å²) in [5.41, 5.74) is 0.825. The monoisotopic (exact) mass is 462 g/mol. The lowest BCUT2D eigenvalue weighted by Crippen LogP contribution is -2.32. The molecule has 0 radical (unpaired) electrons. The summed E-state index contributed by atoms with van der Waals surface area (Å²) in [6.45, 7) is 2.25. The van der Waals surface area contributed by atoms with Crippen LogP contribution >= 0.6 is 0 Å². The second-order valence-electron chi connectivity index (χ2n) is 9.35. The Bertz CT molecular complexity index is 790. The Morgan fingerprint density at radius 2 is 0.882 bits per heavy atom. The van der Waals surface area contributed by atoms with Crippen LogP contribution in [0.25, 0.3) is 0 Å². The quantitative estimate of drug-likeness (QED) is 0.120. The number of carbonyl (C=O) groups is 3. The molecular weight excluding hydrogens is 420 g/mol. The number of unbranched alkanes of at least 4 members (excludes halogenated alkanes) is 12. The van der Waals surface area contributed by atoms with Gasteiger partial charge in [0.2, 0.25) is 0 Å². The summed E-state index contributed by atoms with van der Waals surface area (Å²) >= 11 is 0. The second-order valence-corrected chi connectivity index (χ2v) is 9.35. The normalized spacial score (nSPS) is 11.0. The van der Waals surface area contributed by atoms with Crippen molar-refractivity contribution in [1.29, 1.82) is 0 Å². The van der Waals surface area contributed by atoms with Crippen LogP contribution in [0, 0.1) is 5.92 Å². The highest BCUT2D eigenvalue weighted by Gasteiger charge is 2.34. The third-order valence-electron chi connectivity index (χ3n) is 6.49. The lowest BCUT2D eigenvalue weighted by atomic mass is 9.85. The molecule has 2 aromatic carbocycles. The predicted octanol–water partition coefficient (Wildman–Crippen LogP) is 8.42. The van der Waals surface area contributed by atoms with E-state index in [4.69, 9.17) is 0 Å². The molecule has 0 saturated carbocycles. The number of carbonyl (C=O) groups excluding carboxylic acids is 3. The lowest BCUT2D eigenvalue weighted by Gasteiger charge is -2.14. The Morgan fingerprint density at radius 3 is 1.26 bits per heavy atom. The molecule has 3 heteroatoms. The van der Waals surface area contributed by atoms with Crippen LogP contribution in [0.15, 0.2) is 60.7 Å². The Labute approximate surface area is 206 Å². The van der Waals surface area contributed by atoms with Crippen molar-refractivity contribution in [2.45, 2.75) is 96.8 Å². The van der Waals surface area contributed by atoms with Gasteiger partial charge in [-0.05, 0) is 6.42 Å². The van der Waals surface area contributed by atoms with Crippen molar-refractivity contribution < 1.29 is 14.4 Å². The zero-order chi connectivity index (χ0) is 24.4. The highest BCUT2D eigenvalue weighted by Crippen LogP contribution is 2.20. The van der Waals surface area contributed by atoms with E-state index in [1.54, 1.807) is 48.5 Å². The van der Waals surface area contributed by atoms with Gasteiger partial charge in [0.25, 0.3) is 0 Å². The van der Waals surface area contributed by atoms with E-state index in [2.05, 4.69) is 6.92 Å². The molecule has 2 aromatic rings. The molecule has 3 nitrogen and oxygen atoms in total. The largest absolute Gasteiger partial charge is 0.298 e. The molecule has 0 aliphatic rings. The van der Waals surface area contributed by atoms with Crippen molar-refractivity contribution in [3.8, 4) is 0 Å². The van der Waals surface area contributed by atoms with Crippen LogP contribution in [-0.2, 0) is 4.79 Å². The first-order valence-corrected chi connectivity index (χ1v) is 13.4. The third-order valence-corrected chi connectivity index (χ3v) is 6.49. The van der Waals surface area contributed by atoms with Gasteiger partial charge < -0.3 is 0 Å². The second kappa shape index (κ2) is 17.0. The standard InChI is InChI=1S/C31H42O3/c1-2-3-4-5-6-7-8-9-10-11-12-13-20-25-28(32)29(30(33)26-21-16-14-17-22-26)31(34)27-23-18-15-19-24-27/h14-19,21-24,29H,2-13,20,25H2,1H3. The number of Topliss-reactive ketones (excluding diaryl/α,β-unsaturated/α-hetero) is 3. The minimum Gasteiger partial charge on any atom is -0.298 e. The van der Waals surface area contributed by atoms with Gasteiger partial charge in [0, 0.05) is 17.5 Å². The zero-order valence-electron chi connectivity index (χ0n) is 21.0. The fourth-order valence-electron chi connectivity index (χ4n) is 4.41. The van der Waals surface area contributed by atoms with Crippen LogP contribution in [0.4, 0.5) is 0 Å².